The topological polar surface area (TPSA) is 0 Å². The second kappa shape index (κ2) is 24.5. The van der Waals surface area contributed by atoms with E-state index in [1.165, 1.54) is 154 Å². The van der Waals surface area contributed by atoms with Crippen molar-refractivity contribution in [1.29, 1.82) is 0 Å². The molecule has 0 aliphatic rings. The SMILES string of the molecule is CCCCCCCCCP(I)(CCCCCCC)(CCCCCCC)CCCCCCCCC. The van der Waals surface area contributed by atoms with Crippen molar-refractivity contribution in [3.63, 3.8) is 0 Å². The first-order valence-corrected chi connectivity index (χ1v) is 22.0. The average Bonchev–Trinajstić information content (AvgIpc) is 2.83. The Morgan fingerprint density at radius 1 is 0.294 bits per heavy atom. The fourth-order valence-electron chi connectivity index (χ4n) is 5.82. The van der Waals surface area contributed by atoms with Crippen LogP contribution in [0, 0.1) is 0 Å². The van der Waals surface area contributed by atoms with Crippen molar-refractivity contribution in [2.45, 2.75) is 182 Å². The van der Waals surface area contributed by atoms with Crippen molar-refractivity contribution in [2.24, 2.45) is 0 Å². The summed E-state index contributed by atoms with van der Waals surface area (Å²) in [7, 11) is 0. The second-order valence-corrected chi connectivity index (χ2v) is 25.4. The molecule has 0 spiro atoms. The molecule has 0 fully saturated rings. The standard InChI is InChI=1S/C32H68IP/c1-5-9-13-17-19-23-27-31-34(33,29-25-21-15-11-7-3,30-26-22-16-12-8-4)32-28-24-20-18-14-10-6-2/h5-32H2,1-4H3. The van der Waals surface area contributed by atoms with E-state index in [2.05, 4.69) is 49.7 Å². The van der Waals surface area contributed by atoms with Crippen LogP contribution < -0.4 is 0 Å². The monoisotopic (exact) mass is 610 g/mol. The maximum absolute atomic E-state index is 3.21. The Kier molecular flexibility index (Phi) is 25.3. The summed E-state index contributed by atoms with van der Waals surface area (Å²) in [5.41, 5.74) is 0. The van der Waals surface area contributed by atoms with Crippen molar-refractivity contribution in [3.05, 3.63) is 0 Å². The molecule has 208 valence electrons. The van der Waals surface area contributed by atoms with Crippen LogP contribution in [0.1, 0.15) is 182 Å². The van der Waals surface area contributed by atoms with Crippen LogP contribution >= 0.6 is 26.3 Å². The van der Waals surface area contributed by atoms with Gasteiger partial charge in [0.2, 0.25) is 0 Å². The molecule has 0 unspecified atom stereocenters. The molecule has 0 rings (SSSR count). The third kappa shape index (κ3) is 20.2. The van der Waals surface area contributed by atoms with E-state index in [1.807, 2.05) is 0 Å². The summed E-state index contributed by atoms with van der Waals surface area (Å²) in [6, 6.07) is 0. The van der Waals surface area contributed by atoms with Crippen LogP contribution in [0.15, 0.2) is 0 Å². The molecule has 34 heavy (non-hydrogen) atoms. The Morgan fingerprint density at radius 2 is 0.471 bits per heavy atom. The zero-order valence-corrected chi connectivity index (χ0v) is 27.7. The molecule has 0 aromatic rings. The Balaban J connectivity index is 4.96. The van der Waals surface area contributed by atoms with Gasteiger partial charge < -0.3 is 0 Å². The van der Waals surface area contributed by atoms with Crippen LogP contribution in [0.3, 0.4) is 0 Å². The van der Waals surface area contributed by atoms with Gasteiger partial charge in [-0.15, -0.1) is 0 Å². The Labute approximate surface area is 231 Å². The summed E-state index contributed by atoms with van der Waals surface area (Å²) in [6.07, 6.45) is 41.8. The Morgan fingerprint density at radius 3 is 0.676 bits per heavy atom. The van der Waals surface area contributed by atoms with Crippen LogP contribution in [-0.2, 0) is 0 Å². The third-order valence-electron chi connectivity index (χ3n) is 8.28. The van der Waals surface area contributed by atoms with E-state index in [0.29, 0.717) is 0 Å². The van der Waals surface area contributed by atoms with Crippen molar-refractivity contribution in [3.8, 4) is 0 Å². The molecular weight excluding hydrogens is 542 g/mol. The van der Waals surface area contributed by atoms with E-state index in [0.717, 1.165) is 0 Å². The van der Waals surface area contributed by atoms with Crippen LogP contribution in [0.25, 0.3) is 0 Å². The molecule has 0 aliphatic carbocycles. The normalized spacial score (nSPS) is 13.3. The number of hydrogen-bond donors (Lipinski definition) is 0. The second-order valence-electron chi connectivity index (χ2n) is 11.8. The molecular formula is C32H68IP. The number of hydrogen-bond acceptors (Lipinski definition) is 0. The Bertz CT molecular complexity index is 372. The molecule has 0 aromatic carbocycles. The predicted octanol–water partition coefficient (Wildman–Crippen LogP) is 13.3. The van der Waals surface area contributed by atoms with Gasteiger partial charge in [0.1, 0.15) is 0 Å². The van der Waals surface area contributed by atoms with Gasteiger partial charge in [-0.25, -0.2) is 0 Å². The van der Waals surface area contributed by atoms with Gasteiger partial charge >= 0.3 is 233 Å². The summed E-state index contributed by atoms with van der Waals surface area (Å²) in [5, 5.41) is 0. The minimum absolute atomic E-state index is 1.37. The zero-order valence-electron chi connectivity index (χ0n) is 24.6. The first-order valence-electron chi connectivity index (χ1n) is 16.3. The molecule has 0 atom stereocenters. The molecule has 0 amide bonds. The van der Waals surface area contributed by atoms with E-state index >= 15 is 0 Å². The van der Waals surface area contributed by atoms with Gasteiger partial charge in [-0.2, -0.15) is 0 Å². The summed E-state index contributed by atoms with van der Waals surface area (Å²) >= 11 is 3.21. The van der Waals surface area contributed by atoms with E-state index in [1.54, 1.807) is 24.6 Å². The molecule has 2 heteroatoms. The van der Waals surface area contributed by atoms with Crippen LogP contribution in [-0.4, -0.2) is 24.6 Å². The average molecular weight is 611 g/mol. The van der Waals surface area contributed by atoms with Gasteiger partial charge in [0.15, 0.2) is 0 Å². The van der Waals surface area contributed by atoms with E-state index in [9.17, 15) is 0 Å². The molecule has 0 saturated carbocycles. The number of halogens is 1. The van der Waals surface area contributed by atoms with Crippen molar-refractivity contribution in [2.75, 3.05) is 24.6 Å². The maximum atomic E-state index is 3.21. The summed E-state index contributed by atoms with van der Waals surface area (Å²) < 4.78 is -1.59. The van der Waals surface area contributed by atoms with Gasteiger partial charge in [-0.1, -0.05) is 0 Å². The fraction of sp³-hybridized carbons (Fsp3) is 1.00. The van der Waals surface area contributed by atoms with E-state index in [-0.39, 0.29) is 0 Å². The molecule has 0 saturated heterocycles. The number of unbranched alkanes of at least 4 members (excludes halogenated alkanes) is 20. The van der Waals surface area contributed by atoms with Gasteiger partial charge in [-0.05, 0) is 0 Å². The Hall–Kier alpha value is 1.16. The quantitative estimate of drug-likeness (QED) is 0.0470. The summed E-state index contributed by atoms with van der Waals surface area (Å²) in [6.45, 7) is 9.39. The molecule has 0 aromatic heterocycles. The van der Waals surface area contributed by atoms with Crippen molar-refractivity contribution >= 4 is 26.3 Å². The zero-order chi connectivity index (χ0) is 25.2. The van der Waals surface area contributed by atoms with Gasteiger partial charge in [0, 0.05) is 0 Å². The van der Waals surface area contributed by atoms with Crippen LogP contribution in [0.5, 0.6) is 0 Å². The fourth-order valence-corrected chi connectivity index (χ4v) is 15.3. The molecule has 0 N–H and O–H groups in total. The predicted molar refractivity (Wildman–Crippen MR) is 174 cm³/mol. The van der Waals surface area contributed by atoms with Gasteiger partial charge in [0.25, 0.3) is 0 Å². The summed E-state index contributed by atoms with van der Waals surface area (Å²) in [5.74, 6) is 0. The molecule has 0 heterocycles. The molecule has 0 nitrogen and oxygen atoms in total. The van der Waals surface area contributed by atoms with Crippen LogP contribution in [0.2, 0.25) is 0 Å². The van der Waals surface area contributed by atoms with E-state index < -0.39 is 4.25 Å². The van der Waals surface area contributed by atoms with Crippen molar-refractivity contribution in [1.82, 2.24) is 0 Å². The molecule has 0 bridgehead atoms. The van der Waals surface area contributed by atoms with Gasteiger partial charge in [-0.3, -0.25) is 0 Å². The third-order valence-corrected chi connectivity index (χ3v) is 19.8. The molecule has 0 radical (unpaired) electrons. The van der Waals surface area contributed by atoms with Gasteiger partial charge in [0.05, 0.1) is 0 Å². The van der Waals surface area contributed by atoms with Crippen molar-refractivity contribution < 1.29 is 0 Å². The first-order chi connectivity index (χ1) is 16.5. The molecule has 0 aliphatic heterocycles. The number of rotatable bonds is 28. The summed E-state index contributed by atoms with van der Waals surface area (Å²) in [4.78, 5) is 0. The van der Waals surface area contributed by atoms with E-state index in [4.69, 9.17) is 0 Å². The first kappa shape index (κ1) is 35.2. The van der Waals surface area contributed by atoms with Crippen LogP contribution in [0.4, 0.5) is 0 Å². The minimum atomic E-state index is -1.59.